The van der Waals surface area contributed by atoms with Gasteiger partial charge in [-0.25, -0.2) is 4.99 Å². The molecule has 29 heavy (non-hydrogen) atoms. The Morgan fingerprint density at radius 1 is 1.03 bits per heavy atom. The molecule has 2 aromatic carbocycles. The Morgan fingerprint density at radius 3 is 2.31 bits per heavy atom. The van der Waals surface area contributed by atoms with Gasteiger partial charge in [-0.15, -0.1) is 34.2 Å². The summed E-state index contributed by atoms with van der Waals surface area (Å²) in [6.45, 7) is 5.35. The maximum absolute atomic E-state index is 4.74. The highest BCUT2D eigenvalue weighted by atomic mass is 127. The van der Waals surface area contributed by atoms with Crippen molar-refractivity contribution < 1.29 is 0 Å². The SMILES string of the molecule is Cc1nnc(CN=C(NCCc2ccccc2)NC(C)c2ccccc2)n1C.I. The van der Waals surface area contributed by atoms with Crippen LogP contribution in [-0.4, -0.2) is 27.3 Å². The Labute approximate surface area is 189 Å². The zero-order valence-electron chi connectivity index (χ0n) is 17.2. The maximum Gasteiger partial charge on any atom is 0.192 e. The number of aliphatic imine (C=N–C) groups is 1. The lowest BCUT2D eigenvalue weighted by molar-refractivity contribution is 0.675. The van der Waals surface area contributed by atoms with Crippen molar-refractivity contribution in [2.24, 2.45) is 12.0 Å². The van der Waals surface area contributed by atoms with E-state index in [4.69, 9.17) is 4.99 Å². The van der Waals surface area contributed by atoms with Crippen LogP contribution in [0.1, 0.15) is 35.7 Å². The summed E-state index contributed by atoms with van der Waals surface area (Å²) in [5.41, 5.74) is 2.52. The fraction of sp³-hybridized carbons (Fsp3) is 0.318. The van der Waals surface area contributed by atoms with Gasteiger partial charge in [-0.3, -0.25) is 0 Å². The third-order valence-electron chi connectivity index (χ3n) is 4.76. The van der Waals surface area contributed by atoms with E-state index in [1.54, 1.807) is 0 Å². The maximum atomic E-state index is 4.74. The normalized spacial score (nSPS) is 12.2. The topological polar surface area (TPSA) is 67.1 Å². The predicted molar refractivity (Wildman–Crippen MR) is 128 cm³/mol. The molecule has 1 atom stereocenters. The fourth-order valence-electron chi connectivity index (χ4n) is 2.89. The summed E-state index contributed by atoms with van der Waals surface area (Å²) in [6.07, 6.45) is 0.935. The van der Waals surface area contributed by atoms with Gasteiger partial charge < -0.3 is 15.2 Å². The first-order valence-electron chi connectivity index (χ1n) is 9.62. The molecule has 3 aromatic rings. The average molecular weight is 504 g/mol. The number of hydrogen-bond donors (Lipinski definition) is 2. The molecule has 0 bridgehead atoms. The van der Waals surface area contributed by atoms with Gasteiger partial charge in [0.25, 0.3) is 0 Å². The van der Waals surface area contributed by atoms with Crippen LogP contribution in [-0.2, 0) is 20.0 Å². The molecule has 0 aliphatic carbocycles. The van der Waals surface area contributed by atoms with Gasteiger partial charge in [0, 0.05) is 13.6 Å². The molecule has 154 valence electrons. The van der Waals surface area contributed by atoms with E-state index in [0.29, 0.717) is 6.54 Å². The highest BCUT2D eigenvalue weighted by molar-refractivity contribution is 14.0. The van der Waals surface area contributed by atoms with Gasteiger partial charge in [-0.2, -0.15) is 0 Å². The molecule has 0 fully saturated rings. The van der Waals surface area contributed by atoms with Crippen LogP contribution in [0.2, 0.25) is 0 Å². The molecular formula is C22H29IN6. The molecule has 1 aromatic heterocycles. The van der Waals surface area contributed by atoms with Gasteiger partial charge in [0.05, 0.1) is 6.04 Å². The molecular weight excluding hydrogens is 475 g/mol. The third kappa shape index (κ3) is 6.85. The van der Waals surface area contributed by atoms with Gasteiger partial charge >= 0.3 is 0 Å². The summed E-state index contributed by atoms with van der Waals surface area (Å²) in [5.74, 6) is 2.50. The second kappa shape index (κ2) is 11.5. The number of benzene rings is 2. The molecule has 7 heteroatoms. The van der Waals surface area contributed by atoms with Gasteiger partial charge in [0.1, 0.15) is 12.4 Å². The molecule has 1 heterocycles. The molecule has 0 spiro atoms. The van der Waals surface area contributed by atoms with E-state index in [2.05, 4.69) is 76.3 Å². The van der Waals surface area contributed by atoms with E-state index in [1.807, 2.05) is 30.7 Å². The van der Waals surface area contributed by atoms with E-state index in [9.17, 15) is 0 Å². The van der Waals surface area contributed by atoms with Crippen molar-refractivity contribution in [3.63, 3.8) is 0 Å². The van der Waals surface area contributed by atoms with E-state index in [0.717, 1.165) is 30.6 Å². The number of nitrogens with zero attached hydrogens (tertiary/aromatic N) is 4. The molecule has 3 rings (SSSR count). The molecule has 0 saturated heterocycles. The lowest BCUT2D eigenvalue weighted by Crippen LogP contribution is -2.39. The zero-order chi connectivity index (χ0) is 19.8. The largest absolute Gasteiger partial charge is 0.356 e. The van der Waals surface area contributed by atoms with E-state index in [1.165, 1.54) is 11.1 Å². The van der Waals surface area contributed by atoms with Crippen molar-refractivity contribution in [2.75, 3.05) is 6.54 Å². The standard InChI is InChI=1S/C22H28N6.HI/c1-17(20-12-8-5-9-13-20)25-22(23-15-14-19-10-6-4-7-11-19)24-16-21-27-26-18(2)28(21)3;/h4-13,17H,14-16H2,1-3H3,(H2,23,24,25);1H. The number of halogens is 1. The Hall–Kier alpha value is -2.42. The van der Waals surface area contributed by atoms with Crippen molar-refractivity contribution in [2.45, 2.75) is 32.9 Å². The molecule has 2 N–H and O–H groups in total. The van der Waals surface area contributed by atoms with Crippen LogP contribution in [0.5, 0.6) is 0 Å². The molecule has 1 unspecified atom stereocenters. The quantitative estimate of drug-likeness (QED) is 0.292. The minimum absolute atomic E-state index is 0. The van der Waals surface area contributed by atoms with Crippen LogP contribution in [0.4, 0.5) is 0 Å². The van der Waals surface area contributed by atoms with Gasteiger partial charge in [0.2, 0.25) is 0 Å². The summed E-state index contributed by atoms with van der Waals surface area (Å²) < 4.78 is 1.96. The number of rotatable bonds is 7. The summed E-state index contributed by atoms with van der Waals surface area (Å²) in [5, 5.41) is 15.3. The predicted octanol–water partition coefficient (Wildman–Crippen LogP) is 3.78. The first-order valence-corrected chi connectivity index (χ1v) is 9.62. The monoisotopic (exact) mass is 504 g/mol. The zero-order valence-corrected chi connectivity index (χ0v) is 19.5. The second-order valence-corrected chi connectivity index (χ2v) is 6.83. The Balaban J connectivity index is 0.00000300. The minimum atomic E-state index is 0. The van der Waals surface area contributed by atoms with Gasteiger partial charge in [-0.05, 0) is 31.4 Å². The highest BCUT2D eigenvalue weighted by Gasteiger charge is 2.09. The van der Waals surface area contributed by atoms with Crippen LogP contribution in [0.3, 0.4) is 0 Å². The van der Waals surface area contributed by atoms with Crippen LogP contribution in [0, 0.1) is 6.92 Å². The van der Waals surface area contributed by atoms with Crippen molar-refractivity contribution in [1.29, 1.82) is 0 Å². The number of guanidine groups is 1. The Bertz CT molecular complexity index is 892. The van der Waals surface area contributed by atoms with Crippen LogP contribution >= 0.6 is 24.0 Å². The first kappa shape index (κ1) is 22.9. The van der Waals surface area contributed by atoms with Crippen molar-refractivity contribution in [3.8, 4) is 0 Å². The smallest absolute Gasteiger partial charge is 0.192 e. The Morgan fingerprint density at radius 2 is 1.69 bits per heavy atom. The fourth-order valence-corrected chi connectivity index (χ4v) is 2.89. The van der Waals surface area contributed by atoms with Crippen molar-refractivity contribution in [1.82, 2.24) is 25.4 Å². The summed E-state index contributed by atoms with van der Waals surface area (Å²) in [4.78, 5) is 4.74. The van der Waals surface area contributed by atoms with Crippen LogP contribution < -0.4 is 10.6 Å². The summed E-state index contributed by atoms with van der Waals surface area (Å²) >= 11 is 0. The number of aryl methyl sites for hydroxylation is 1. The Kier molecular flexibility index (Phi) is 9.11. The second-order valence-electron chi connectivity index (χ2n) is 6.83. The molecule has 0 aliphatic heterocycles. The van der Waals surface area contributed by atoms with Crippen LogP contribution in [0.25, 0.3) is 0 Å². The lowest BCUT2D eigenvalue weighted by Gasteiger charge is -2.19. The third-order valence-corrected chi connectivity index (χ3v) is 4.76. The van der Waals surface area contributed by atoms with Crippen molar-refractivity contribution in [3.05, 3.63) is 83.4 Å². The summed E-state index contributed by atoms with van der Waals surface area (Å²) in [7, 11) is 1.96. The average Bonchev–Trinajstić information content (AvgIpc) is 3.05. The minimum Gasteiger partial charge on any atom is -0.356 e. The first-order chi connectivity index (χ1) is 13.6. The van der Waals surface area contributed by atoms with Gasteiger partial charge in [0.15, 0.2) is 11.8 Å². The number of aromatic nitrogens is 3. The highest BCUT2D eigenvalue weighted by Crippen LogP contribution is 2.11. The molecule has 0 saturated carbocycles. The molecule has 0 aliphatic rings. The molecule has 0 radical (unpaired) electrons. The van der Waals surface area contributed by atoms with E-state index < -0.39 is 0 Å². The van der Waals surface area contributed by atoms with Crippen molar-refractivity contribution >= 4 is 29.9 Å². The molecule has 6 nitrogen and oxygen atoms in total. The van der Waals surface area contributed by atoms with Gasteiger partial charge in [-0.1, -0.05) is 60.7 Å². The molecule has 0 amide bonds. The van der Waals surface area contributed by atoms with E-state index in [-0.39, 0.29) is 30.0 Å². The van der Waals surface area contributed by atoms with E-state index >= 15 is 0 Å². The summed E-state index contributed by atoms with van der Waals surface area (Å²) in [6, 6.07) is 21.0. The van der Waals surface area contributed by atoms with Crippen LogP contribution in [0.15, 0.2) is 65.7 Å². The number of hydrogen-bond acceptors (Lipinski definition) is 3. The number of nitrogens with one attached hydrogen (secondary N) is 2. The lowest BCUT2D eigenvalue weighted by atomic mass is 10.1.